The number of esters is 1. The number of carbonyl (C=O) groups is 2. The van der Waals surface area contributed by atoms with Crippen LogP contribution in [0.4, 0.5) is 5.69 Å². The van der Waals surface area contributed by atoms with Gasteiger partial charge in [-0.05, 0) is 56.9 Å². The molecule has 1 atom stereocenters. The van der Waals surface area contributed by atoms with Crippen molar-refractivity contribution in [3.05, 3.63) is 42.0 Å². The Bertz CT molecular complexity index is 736. The highest BCUT2D eigenvalue weighted by atomic mass is 32.2. The van der Waals surface area contributed by atoms with Crippen molar-refractivity contribution in [1.29, 1.82) is 0 Å². The first-order valence-electron chi connectivity index (χ1n) is 13.2. The minimum Gasteiger partial charge on any atom is -0.464 e. The van der Waals surface area contributed by atoms with Crippen molar-refractivity contribution in [3.8, 4) is 0 Å². The van der Waals surface area contributed by atoms with Gasteiger partial charge in [0.15, 0.2) is 0 Å². The Morgan fingerprint density at radius 2 is 1.62 bits per heavy atom. The molecule has 1 aliphatic rings. The van der Waals surface area contributed by atoms with E-state index in [0.717, 1.165) is 25.1 Å². The van der Waals surface area contributed by atoms with Crippen LogP contribution in [-0.4, -0.2) is 47.6 Å². The molecule has 1 saturated heterocycles. The van der Waals surface area contributed by atoms with Crippen LogP contribution in [0.25, 0.3) is 0 Å². The SMILES string of the molecule is CCCCCCCCCCC=CCCCNc1ccc(C(=O)N2CSCC2C(=O)OCC)cc1. The van der Waals surface area contributed by atoms with Gasteiger partial charge < -0.3 is 15.0 Å². The highest BCUT2D eigenvalue weighted by Gasteiger charge is 2.36. The fourth-order valence-corrected chi connectivity index (χ4v) is 5.20. The third-order valence-corrected chi connectivity index (χ3v) is 7.11. The van der Waals surface area contributed by atoms with Crippen LogP contribution in [0.1, 0.15) is 94.8 Å². The molecule has 1 amide bonds. The van der Waals surface area contributed by atoms with Crippen molar-refractivity contribution in [2.24, 2.45) is 0 Å². The average Bonchev–Trinajstić information content (AvgIpc) is 3.34. The number of nitrogens with zero attached hydrogens (tertiary/aromatic N) is 1. The second-order valence-corrected chi connectivity index (χ2v) is 9.92. The van der Waals surface area contributed by atoms with E-state index in [1.165, 1.54) is 57.8 Å². The molecular weight excluding hydrogens is 444 g/mol. The lowest BCUT2D eigenvalue weighted by molar-refractivity contribution is -0.147. The van der Waals surface area contributed by atoms with E-state index in [2.05, 4.69) is 24.4 Å². The van der Waals surface area contributed by atoms with E-state index < -0.39 is 6.04 Å². The molecule has 0 saturated carbocycles. The molecule has 190 valence electrons. The summed E-state index contributed by atoms with van der Waals surface area (Å²) in [4.78, 5) is 26.6. The normalized spacial score (nSPS) is 15.7. The molecule has 1 fully saturated rings. The average molecular weight is 489 g/mol. The van der Waals surface area contributed by atoms with E-state index in [-0.39, 0.29) is 11.9 Å². The van der Waals surface area contributed by atoms with Gasteiger partial charge in [0, 0.05) is 23.5 Å². The van der Waals surface area contributed by atoms with E-state index in [4.69, 9.17) is 4.74 Å². The fourth-order valence-electron chi connectivity index (χ4n) is 4.06. The smallest absolute Gasteiger partial charge is 0.329 e. The van der Waals surface area contributed by atoms with Gasteiger partial charge in [-0.15, -0.1) is 11.8 Å². The molecule has 1 unspecified atom stereocenters. The monoisotopic (exact) mass is 488 g/mol. The van der Waals surface area contributed by atoms with Gasteiger partial charge in [0.1, 0.15) is 6.04 Å². The number of amides is 1. The van der Waals surface area contributed by atoms with Gasteiger partial charge in [0.25, 0.3) is 5.91 Å². The minimum absolute atomic E-state index is 0.115. The lowest BCUT2D eigenvalue weighted by Gasteiger charge is -2.22. The second-order valence-electron chi connectivity index (χ2n) is 8.92. The van der Waals surface area contributed by atoms with Crippen molar-refractivity contribution in [2.75, 3.05) is 30.1 Å². The molecule has 0 aromatic heterocycles. The topological polar surface area (TPSA) is 58.6 Å². The first-order chi connectivity index (χ1) is 16.7. The number of unbranched alkanes of at least 4 members (excludes halogenated alkanes) is 9. The van der Waals surface area contributed by atoms with Crippen molar-refractivity contribution in [3.63, 3.8) is 0 Å². The quantitative estimate of drug-likeness (QED) is 0.145. The fraction of sp³-hybridized carbons (Fsp3) is 0.643. The second kappa shape index (κ2) is 17.5. The standard InChI is InChI=1S/C28H44N2O3S/c1-3-5-6-7-8-9-10-11-12-13-14-15-16-21-29-25-19-17-24(18-20-25)27(31)30-23-34-22-26(30)28(32)33-4-2/h13-14,17-20,26,29H,3-12,15-16,21-23H2,1-2H3. The predicted octanol–water partition coefficient (Wildman–Crippen LogP) is 7.04. The van der Waals surface area contributed by atoms with Crippen LogP contribution < -0.4 is 5.32 Å². The van der Waals surface area contributed by atoms with Crippen molar-refractivity contribution in [2.45, 2.75) is 90.5 Å². The molecule has 1 aromatic carbocycles. The zero-order chi connectivity index (χ0) is 24.4. The molecule has 1 aromatic rings. The predicted molar refractivity (Wildman–Crippen MR) is 144 cm³/mol. The van der Waals surface area contributed by atoms with Crippen LogP contribution in [-0.2, 0) is 9.53 Å². The highest BCUT2D eigenvalue weighted by Crippen LogP contribution is 2.24. The van der Waals surface area contributed by atoms with Crippen molar-refractivity contribution in [1.82, 2.24) is 4.90 Å². The summed E-state index contributed by atoms with van der Waals surface area (Å²) in [6.07, 6.45) is 19.0. The van der Waals surface area contributed by atoms with Crippen molar-refractivity contribution >= 4 is 29.3 Å². The summed E-state index contributed by atoms with van der Waals surface area (Å²) in [7, 11) is 0. The maximum atomic E-state index is 12.9. The number of ether oxygens (including phenoxy) is 1. The number of thioether (sulfide) groups is 1. The van der Waals surface area contributed by atoms with E-state index in [9.17, 15) is 9.59 Å². The Morgan fingerprint density at radius 1 is 0.971 bits per heavy atom. The molecule has 0 spiro atoms. The van der Waals surface area contributed by atoms with Crippen LogP contribution in [0.15, 0.2) is 36.4 Å². The Hall–Kier alpha value is -1.95. The van der Waals surface area contributed by atoms with Crippen LogP contribution in [0, 0.1) is 0 Å². The number of rotatable bonds is 17. The lowest BCUT2D eigenvalue weighted by Crippen LogP contribution is -2.42. The summed E-state index contributed by atoms with van der Waals surface area (Å²) in [5, 5.41) is 3.43. The number of nitrogens with one attached hydrogen (secondary N) is 1. The van der Waals surface area contributed by atoms with Crippen LogP contribution in [0.5, 0.6) is 0 Å². The Balaban J connectivity index is 1.58. The zero-order valence-corrected chi connectivity index (χ0v) is 22.0. The molecule has 0 aliphatic carbocycles. The van der Waals surface area contributed by atoms with E-state index >= 15 is 0 Å². The Kier molecular flexibility index (Phi) is 14.5. The van der Waals surface area contributed by atoms with Gasteiger partial charge in [0.05, 0.1) is 12.5 Å². The number of benzene rings is 1. The van der Waals surface area contributed by atoms with Crippen LogP contribution in [0.2, 0.25) is 0 Å². The number of hydrogen-bond acceptors (Lipinski definition) is 5. The minimum atomic E-state index is -0.487. The molecule has 0 bridgehead atoms. The van der Waals surface area contributed by atoms with E-state index in [0.29, 0.717) is 23.8 Å². The largest absolute Gasteiger partial charge is 0.464 e. The maximum Gasteiger partial charge on any atom is 0.329 e. The number of allylic oxidation sites excluding steroid dienone is 2. The molecular formula is C28H44N2O3S. The molecule has 1 N–H and O–H groups in total. The summed E-state index contributed by atoms with van der Waals surface area (Å²) in [6.45, 7) is 5.29. The van der Waals surface area contributed by atoms with Crippen LogP contribution >= 0.6 is 11.8 Å². The van der Waals surface area contributed by atoms with E-state index in [1.807, 2.05) is 24.3 Å². The highest BCUT2D eigenvalue weighted by molar-refractivity contribution is 7.99. The van der Waals surface area contributed by atoms with Gasteiger partial charge in [-0.1, -0.05) is 64.0 Å². The van der Waals surface area contributed by atoms with Gasteiger partial charge in [0.2, 0.25) is 0 Å². The number of anilines is 1. The first-order valence-corrected chi connectivity index (χ1v) is 14.4. The molecule has 34 heavy (non-hydrogen) atoms. The van der Waals surface area contributed by atoms with Crippen LogP contribution in [0.3, 0.4) is 0 Å². The van der Waals surface area contributed by atoms with Gasteiger partial charge in [-0.3, -0.25) is 4.79 Å². The van der Waals surface area contributed by atoms with Gasteiger partial charge >= 0.3 is 5.97 Å². The van der Waals surface area contributed by atoms with Crippen molar-refractivity contribution < 1.29 is 14.3 Å². The van der Waals surface area contributed by atoms with Gasteiger partial charge in [-0.2, -0.15) is 0 Å². The number of hydrogen-bond donors (Lipinski definition) is 1. The first kappa shape index (κ1) is 28.3. The molecule has 0 radical (unpaired) electrons. The zero-order valence-electron chi connectivity index (χ0n) is 21.2. The molecule has 1 aliphatic heterocycles. The summed E-state index contributed by atoms with van der Waals surface area (Å²) in [6, 6.07) is 7.06. The van der Waals surface area contributed by atoms with Gasteiger partial charge in [-0.25, -0.2) is 4.79 Å². The summed E-state index contributed by atoms with van der Waals surface area (Å²) >= 11 is 1.58. The summed E-state index contributed by atoms with van der Waals surface area (Å²) in [5.74, 6) is 0.689. The third-order valence-electron chi connectivity index (χ3n) is 6.10. The maximum absolute atomic E-state index is 12.9. The Morgan fingerprint density at radius 3 is 2.29 bits per heavy atom. The van der Waals surface area contributed by atoms with E-state index in [1.54, 1.807) is 23.6 Å². The Labute approximate surface area is 211 Å². The molecule has 5 nitrogen and oxygen atoms in total. The lowest BCUT2D eigenvalue weighted by atomic mass is 10.1. The third kappa shape index (κ3) is 10.5. The summed E-state index contributed by atoms with van der Waals surface area (Å²) in [5.41, 5.74) is 1.61. The molecule has 1 heterocycles. The number of carbonyl (C=O) groups excluding carboxylic acids is 2. The molecule has 6 heteroatoms. The molecule has 2 rings (SSSR count). The summed E-state index contributed by atoms with van der Waals surface area (Å²) < 4.78 is 5.12.